The number of nitrogens with zero attached hydrogens (tertiary/aromatic N) is 2. The molecule has 3 aliphatic rings. The lowest BCUT2D eigenvalue weighted by molar-refractivity contribution is -0.140. The third kappa shape index (κ3) is 3.92. The molecule has 1 aliphatic carbocycles. The fourth-order valence-corrected chi connectivity index (χ4v) is 5.06. The number of carbonyl (C=O) groups is 2. The summed E-state index contributed by atoms with van der Waals surface area (Å²) in [4.78, 5) is 31.1. The molecular formula is C24H32N2O3. The molecule has 0 bridgehead atoms. The van der Waals surface area contributed by atoms with Crippen molar-refractivity contribution in [2.45, 2.75) is 70.3 Å². The summed E-state index contributed by atoms with van der Waals surface area (Å²) in [6, 6.07) is 7.60. The number of ether oxygens (including phenoxy) is 1. The van der Waals surface area contributed by atoms with Crippen LogP contribution in [-0.2, 0) is 9.59 Å². The van der Waals surface area contributed by atoms with Crippen molar-refractivity contribution in [2.75, 3.05) is 20.2 Å². The molecule has 2 heterocycles. The van der Waals surface area contributed by atoms with Gasteiger partial charge in [-0.3, -0.25) is 14.5 Å². The van der Waals surface area contributed by atoms with Gasteiger partial charge in [-0.05, 0) is 38.2 Å². The van der Waals surface area contributed by atoms with Gasteiger partial charge in [0.05, 0.1) is 12.7 Å². The van der Waals surface area contributed by atoms with Crippen molar-refractivity contribution in [3.63, 3.8) is 0 Å². The lowest BCUT2D eigenvalue weighted by atomic mass is 9.95. The van der Waals surface area contributed by atoms with E-state index in [0.29, 0.717) is 17.0 Å². The highest BCUT2D eigenvalue weighted by Gasteiger charge is 2.45. The molecule has 0 N–H and O–H groups in total. The number of hydrogen-bond acceptors (Lipinski definition) is 4. The Morgan fingerprint density at radius 3 is 2.14 bits per heavy atom. The SMILES string of the molecule is COc1ccccc1C1=C(N2CCCCC2)C(=O)N(C2CCCCCCC2)C1=O. The summed E-state index contributed by atoms with van der Waals surface area (Å²) in [5, 5.41) is 0. The van der Waals surface area contributed by atoms with E-state index < -0.39 is 0 Å². The van der Waals surface area contributed by atoms with E-state index in [1.54, 1.807) is 12.0 Å². The molecule has 0 atom stereocenters. The number of para-hydroxylation sites is 1. The average Bonchev–Trinajstić information content (AvgIpc) is 2.99. The smallest absolute Gasteiger partial charge is 0.278 e. The molecule has 5 nitrogen and oxygen atoms in total. The minimum absolute atomic E-state index is 0.0160. The van der Waals surface area contributed by atoms with Crippen molar-refractivity contribution in [2.24, 2.45) is 0 Å². The number of piperidine rings is 1. The van der Waals surface area contributed by atoms with Crippen LogP contribution in [0.2, 0.25) is 0 Å². The van der Waals surface area contributed by atoms with E-state index in [0.717, 1.165) is 57.2 Å². The van der Waals surface area contributed by atoms with Crippen LogP contribution in [0.25, 0.3) is 5.57 Å². The van der Waals surface area contributed by atoms with Gasteiger partial charge >= 0.3 is 0 Å². The number of benzene rings is 1. The van der Waals surface area contributed by atoms with E-state index in [9.17, 15) is 9.59 Å². The van der Waals surface area contributed by atoms with Crippen LogP contribution in [0.4, 0.5) is 0 Å². The van der Waals surface area contributed by atoms with Crippen LogP contribution >= 0.6 is 0 Å². The van der Waals surface area contributed by atoms with Crippen LogP contribution in [0.5, 0.6) is 5.75 Å². The van der Waals surface area contributed by atoms with Gasteiger partial charge in [-0.2, -0.15) is 0 Å². The largest absolute Gasteiger partial charge is 0.496 e. The molecular weight excluding hydrogens is 364 g/mol. The third-order valence-corrected chi connectivity index (χ3v) is 6.58. The molecule has 0 aromatic heterocycles. The van der Waals surface area contributed by atoms with Crippen LogP contribution < -0.4 is 4.74 Å². The molecule has 1 aromatic rings. The zero-order valence-electron chi connectivity index (χ0n) is 17.5. The summed E-state index contributed by atoms with van der Waals surface area (Å²) in [5.74, 6) is 0.423. The molecule has 5 heteroatoms. The number of hydrogen-bond donors (Lipinski definition) is 0. The van der Waals surface area contributed by atoms with Crippen LogP contribution in [0.3, 0.4) is 0 Å². The van der Waals surface area contributed by atoms with Crippen LogP contribution in [-0.4, -0.2) is 47.9 Å². The standard InChI is InChI=1S/C24H32N2O3/c1-29-20-15-9-8-14-19(20)21-22(25-16-10-5-11-17-25)24(28)26(23(21)27)18-12-6-3-2-4-7-13-18/h8-9,14-15,18H,2-7,10-13,16-17H2,1H3. The average molecular weight is 397 g/mol. The van der Waals surface area contributed by atoms with Crippen molar-refractivity contribution in [3.05, 3.63) is 35.5 Å². The van der Waals surface area contributed by atoms with Crippen molar-refractivity contribution < 1.29 is 14.3 Å². The number of likely N-dealkylation sites (tertiary alicyclic amines) is 1. The van der Waals surface area contributed by atoms with Gasteiger partial charge in [0.15, 0.2) is 0 Å². The summed E-state index contributed by atoms with van der Waals surface area (Å²) in [7, 11) is 1.62. The highest BCUT2D eigenvalue weighted by atomic mass is 16.5. The van der Waals surface area contributed by atoms with Gasteiger partial charge < -0.3 is 9.64 Å². The molecule has 1 saturated heterocycles. The van der Waals surface area contributed by atoms with Gasteiger partial charge in [0.1, 0.15) is 11.4 Å². The Morgan fingerprint density at radius 2 is 1.45 bits per heavy atom. The van der Waals surface area contributed by atoms with E-state index in [1.165, 1.54) is 25.7 Å². The third-order valence-electron chi connectivity index (χ3n) is 6.58. The van der Waals surface area contributed by atoms with Gasteiger partial charge in [-0.25, -0.2) is 0 Å². The predicted octanol–water partition coefficient (Wildman–Crippen LogP) is 4.37. The first-order valence-corrected chi connectivity index (χ1v) is 11.2. The lowest BCUT2D eigenvalue weighted by Gasteiger charge is -2.31. The Morgan fingerprint density at radius 1 is 0.828 bits per heavy atom. The molecule has 1 aromatic carbocycles. The number of carbonyl (C=O) groups excluding carboxylic acids is 2. The molecule has 2 fully saturated rings. The molecule has 0 radical (unpaired) electrons. The fourth-order valence-electron chi connectivity index (χ4n) is 5.06. The highest BCUT2D eigenvalue weighted by Crippen LogP contribution is 2.39. The van der Waals surface area contributed by atoms with Crippen molar-refractivity contribution >= 4 is 17.4 Å². The second kappa shape index (κ2) is 9.02. The van der Waals surface area contributed by atoms with Crippen LogP contribution in [0.15, 0.2) is 30.0 Å². The van der Waals surface area contributed by atoms with E-state index in [2.05, 4.69) is 4.90 Å². The molecule has 0 unspecified atom stereocenters. The normalized spacial score (nSPS) is 22.1. The second-order valence-corrected chi connectivity index (χ2v) is 8.45. The fraction of sp³-hybridized carbons (Fsp3) is 0.583. The molecule has 1 saturated carbocycles. The molecule has 29 heavy (non-hydrogen) atoms. The molecule has 2 amide bonds. The van der Waals surface area contributed by atoms with Crippen LogP contribution in [0.1, 0.15) is 69.8 Å². The number of rotatable bonds is 4. The minimum atomic E-state index is -0.134. The summed E-state index contributed by atoms with van der Waals surface area (Å²) in [5.41, 5.74) is 1.87. The quantitative estimate of drug-likeness (QED) is 0.709. The highest BCUT2D eigenvalue weighted by molar-refractivity contribution is 6.36. The lowest BCUT2D eigenvalue weighted by Crippen LogP contribution is -2.43. The molecule has 156 valence electrons. The van der Waals surface area contributed by atoms with Gasteiger partial charge in [-0.15, -0.1) is 0 Å². The zero-order chi connectivity index (χ0) is 20.2. The Labute approximate surface area is 173 Å². The maximum Gasteiger partial charge on any atom is 0.278 e. The number of methoxy groups -OCH3 is 1. The first kappa shape index (κ1) is 20.0. The predicted molar refractivity (Wildman–Crippen MR) is 113 cm³/mol. The Bertz CT molecular complexity index is 787. The summed E-state index contributed by atoms with van der Waals surface area (Å²) in [6.07, 6.45) is 11.0. The van der Waals surface area contributed by atoms with Gasteiger partial charge in [0, 0.05) is 24.7 Å². The number of amides is 2. The van der Waals surface area contributed by atoms with Gasteiger partial charge in [0.2, 0.25) is 0 Å². The van der Waals surface area contributed by atoms with E-state index in [-0.39, 0.29) is 17.9 Å². The second-order valence-electron chi connectivity index (χ2n) is 8.45. The van der Waals surface area contributed by atoms with Crippen molar-refractivity contribution in [1.82, 2.24) is 9.80 Å². The topological polar surface area (TPSA) is 49.9 Å². The first-order valence-electron chi connectivity index (χ1n) is 11.2. The van der Waals surface area contributed by atoms with Crippen LogP contribution in [0, 0.1) is 0 Å². The molecule has 2 aliphatic heterocycles. The Hall–Kier alpha value is -2.30. The Balaban J connectivity index is 1.75. The first-order chi connectivity index (χ1) is 14.2. The maximum atomic E-state index is 13.7. The Kier molecular flexibility index (Phi) is 6.22. The summed E-state index contributed by atoms with van der Waals surface area (Å²) < 4.78 is 5.56. The van der Waals surface area contributed by atoms with Gasteiger partial charge in [0.25, 0.3) is 11.8 Å². The summed E-state index contributed by atoms with van der Waals surface area (Å²) >= 11 is 0. The summed E-state index contributed by atoms with van der Waals surface area (Å²) in [6.45, 7) is 1.68. The van der Waals surface area contributed by atoms with E-state index >= 15 is 0 Å². The minimum Gasteiger partial charge on any atom is -0.496 e. The van der Waals surface area contributed by atoms with Crippen molar-refractivity contribution in [1.29, 1.82) is 0 Å². The maximum absolute atomic E-state index is 13.7. The zero-order valence-corrected chi connectivity index (χ0v) is 17.5. The van der Waals surface area contributed by atoms with E-state index in [4.69, 9.17) is 4.74 Å². The monoisotopic (exact) mass is 396 g/mol. The van der Waals surface area contributed by atoms with Gasteiger partial charge in [-0.1, -0.05) is 50.3 Å². The number of imide groups is 1. The molecule has 4 rings (SSSR count). The van der Waals surface area contributed by atoms with E-state index in [1.807, 2.05) is 24.3 Å². The van der Waals surface area contributed by atoms with Crippen molar-refractivity contribution in [3.8, 4) is 5.75 Å². The molecule has 0 spiro atoms.